The Bertz CT molecular complexity index is 241. The monoisotopic (exact) mass is 210 g/mol. The molecule has 3 nitrogen and oxygen atoms in total. The van der Waals surface area contributed by atoms with Crippen molar-refractivity contribution in [3.63, 3.8) is 0 Å². The predicted octanol–water partition coefficient (Wildman–Crippen LogP) is 1.53. The van der Waals surface area contributed by atoms with Crippen molar-refractivity contribution >= 4 is 23.1 Å². The standard InChI is InChI=1S/C7H9ClF2N2O/c1-2-12-5(7(9)10)4(3-11)6(8)13/h3,7,11-12H,2H2,1H3/b5-4+,11-3?. The average molecular weight is 211 g/mol. The van der Waals surface area contributed by atoms with Crippen molar-refractivity contribution in [3.8, 4) is 0 Å². The van der Waals surface area contributed by atoms with Crippen molar-refractivity contribution in [1.29, 1.82) is 5.41 Å². The third-order valence-electron chi connectivity index (χ3n) is 1.23. The van der Waals surface area contributed by atoms with Gasteiger partial charge in [-0.25, -0.2) is 8.78 Å². The van der Waals surface area contributed by atoms with E-state index in [0.29, 0.717) is 6.21 Å². The van der Waals surface area contributed by atoms with Gasteiger partial charge < -0.3 is 10.7 Å². The van der Waals surface area contributed by atoms with Crippen LogP contribution in [0.4, 0.5) is 8.78 Å². The Hall–Kier alpha value is -0.970. The summed E-state index contributed by atoms with van der Waals surface area (Å²) >= 11 is 5.00. The zero-order chi connectivity index (χ0) is 10.4. The number of alkyl halides is 2. The third-order valence-corrected chi connectivity index (χ3v) is 1.44. The van der Waals surface area contributed by atoms with Crippen LogP contribution in [0.2, 0.25) is 0 Å². The normalized spacial score (nSPS) is 12.4. The van der Waals surface area contributed by atoms with Crippen molar-refractivity contribution in [2.45, 2.75) is 13.3 Å². The first-order valence-electron chi connectivity index (χ1n) is 3.51. The van der Waals surface area contributed by atoms with E-state index in [1.165, 1.54) is 0 Å². The lowest BCUT2D eigenvalue weighted by Gasteiger charge is -2.09. The second-order valence-electron chi connectivity index (χ2n) is 2.08. The summed E-state index contributed by atoms with van der Waals surface area (Å²) < 4.78 is 24.5. The van der Waals surface area contributed by atoms with Crippen molar-refractivity contribution in [3.05, 3.63) is 11.3 Å². The maximum atomic E-state index is 12.2. The fourth-order valence-corrected chi connectivity index (χ4v) is 0.877. The molecule has 0 atom stereocenters. The lowest BCUT2D eigenvalue weighted by Crippen LogP contribution is -2.22. The summed E-state index contributed by atoms with van der Waals surface area (Å²) in [5.74, 6) is 0. The molecule has 0 saturated carbocycles. The number of allylic oxidation sites excluding steroid dienone is 2. The largest absolute Gasteiger partial charge is 0.383 e. The van der Waals surface area contributed by atoms with Gasteiger partial charge >= 0.3 is 0 Å². The van der Waals surface area contributed by atoms with Crippen molar-refractivity contribution in [2.75, 3.05) is 6.54 Å². The average Bonchev–Trinajstić information content (AvgIpc) is 2.03. The highest BCUT2D eigenvalue weighted by Gasteiger charge is 2.18. The summed E-state index contributed by atoms with van der Waals surface area (Å²) in [6.07, 6.45) is -2.32. The molecule has 0 rings (SSSR count). The van der Waals surface area contributed by atoms with Gasteiger partial charge in [-0.3, -0.25) is 4.79 Å². The molecule has 74 valence electrons. The van der Waals surface area contributed by atoms with Crippen LogP contribution < -0.4 is 5.32 Å². The number of rotatable bonds is 5. The lowest BCUT2D eigenvalue weighted by molar-refractivity contribution is -0.108. The van der Waals surface area contributed by atoms with Gasteiger partial charge in [0.15, 0.2) is 0 Å². The van der Waals surface area contributed by atoms with Gasteiger partial charge in [0.1, 0.15) is 0 Å². The molecule has 6 heteroatoms. The lowest BCUT2D eigenvalue weighted by atomic mass is 10.2. The molecule has 0 bridgehead atoms. The summed E-state index contributed by atoms with van der Waals surface area (Å²) in [6.45, 7) is 1.84. The Morgan fingerprint density at radius 1 is 1.69 bits per heavy atom. The first kappa shape index (κ1) is 12.0. The van der Waals surface area contributed by atoms with Gasteiger partial charge in [-0.15, -0.1) is 0 Å². The van der Waals surface area contributed by atoms with Gasteiger partial charge in [0.05, 0.1) is 11.3 Å². The van der Waals surface area contributed by atoms with Crippen LogP contribution in [0, 0.1) is 5.41 Å². The highest BCUT2D eigenvalue weighted by Crippen LogP contribution is 2.11. The van der Waals surface area contributed by atoms with Gasteiger partial charge in [0.2, 0.25) is 0 Å². The zero-order valence-electron chi connectivity index (χ0n) is 6.90. The smallest absolute Gasteiger partial charge is 0.278 e. The molecule has 0 fully saturated rings. The Morgan fingerprint density at radius 3 is 2.46 bits per heavy atom. The van der Waals surface area contributed by atoms with E-state index >= 15 is 0 Å². The van der Waals surface area contributed by atoms with Crippen molar-refractivity contribution in [2.24, 2.45) is 0 Å². The summed E-state index contributed by atoms with van der Waals surface area (Å²) in [7, 11) is 0. The first-order chi connectivity index (χ1) is 6.04. The molecular weight excluding hydrogens is 202 g/mol. The fourth-order valence-electron chi connectivity index (χ4n) is 0.721. The van der Waals surface area contributed by atoms with Crippen LogP contribution in [-0.2, 0) is 4.79 Å². The van der Waals surface area contributed by atoms with Crippen LogP contribution in [0.5, 0.6) is 0 Å². The van der Waals surface area contributed by atoms with Crippen LogP contribution >= 0.6 is 11.6 Å². The van der Waals surface area contributed by atoms with Crippen LogP contribution in [0.3, 0.4) is 0 Å². The Kier molecular flexibility index (Phi) is 5.22. The van der Waals surface area contributed by atoms with E-state index in [2.05, 4.69) is 5.32 Å². The Morgan fingerprint density at radius 2 is 2.23 bits per heavy atom. The molecule has 0 aromatic heterocycles. The summed E-state index contributed by atoms with van der Waals surface area (Å²) in [4.78, 5) is 10.6. The second kappa shape index (κ2) is 5.64. The van der Waals surface area contributed by atoms with E-state index in [1.807, 2.05) is 0 Å². The SMILES string of the molecule is CCN/C(=C(\C=N)C(=O)Cl)C(F)F. The van der Waals surface area contributed by atoms with Gasteiger partial charge in [0, 0.05) is 12.8 Å². The molecule has 0 heterocycles. The maximum absolute atomic E-state index is 12.2. The van der Waals surface area contributed by atoms with Gasteiger partial charge in [-0.05, 0) is 18.5 Å². The Balaban J connectivity index is 5.00. The van der Waals surface area contributed by atoms with Crippen molar-refractivity contribution < 1.29 is 13.6 Å². The van der Waals surface area contributed by atoms with Crippen molar-refractivity contribution in [1.82, 2.24) is 5.32 Å². The minimum absolute atomic E-state index is 0.237. The number of carbonyl (C=O) groups is 1. The highest BCUT2D eigenvalue weighted by atomic mass is 35.5. The van der Waals surface area contributed by atoms with Crippen LogP contribution in [0.25, 0.3) is 0 Å². The molecule has 0 spiro atoms. The summed E-state index contributed by atoms with van der Waals surface area (Å²) in [5, 5.41) is 7.95. The highest BCUT2D eigenvalue weighted by molar-refractivity contribution is 6.70. The van der Waals surface area contributed by atoms with E-state index in [1.54, 1.807) is 6.92 Å². The second-order valence-corrected chi connectivity index (χ2v) is 2.42. The van der Waals surface area contributed by atoms with E-state index in [9.17, 15) is 13.6 Å². The van der Waals surface area contributed by atoms with E-state index in [4.69, 9.17) is 17.0 Å². The molecule has 2 N–H and O–H groups in total. The van der Waals surface area contributed by atoms with Gasteiger partial charge in [-0.1, -0.05) is 0 Å². The molecule has 0 amide bonds. The topological polar surface area (TPSA) is 53.0 Å². The van der Waals surface area contributed by atoms with Crippen LogP contribution in [-0.4, -0.2) is 24.4 Å². The minimum Gasteiger partial charge on any atom is -0.383 e. The molecule has 13 heavy (non-hydrogen) atoms. The number of hydrogen-bond donors (Lipinski definition) is 2. The Labute approximate surface area is 79.3 Å². The molecule has 0 aromatic rings. The fraction of sp³-hybridized carbons (Fsp3) is 0.429. The zero-order valence-corrected chi connectivity index (χ0v) is 7.66. The van der Waals surface area contributed by atoms with Gasteiger partial charge in [-0.2, -0.15) is 0 Å². The molecular formula is C7H9ClF2N2O. The molecule has 0 aromatic carbocycles. The quantitative estimate of drug-likeness (QED) is 0.411. The number of hydrogen-bond acceptors (Lipinski definition) is 3. The van der Waals surface area contributed by atoms with Gasteiger partial charge in [0.25, 0.3) is 11.7 Å². The van der Waals surface area contributed by atoms with E-state index < -0.39 is 22.9 Å². The van der Waals surface area contributed by atoms with E-state index in [-0.39, 0.29) is 6.54 Å². The molecule has 0 aliphatic heterocycles. The molecule has 0 unspecified atom stereocenters. The maximum Gasteiger partial charge on any atom is 0.278 e. The van der Waals surface area contributed by atoms with Crippen LogP contribution in [0.15, 0.2) is 11.3 Å². The molecule has 0 radical (unpaired) electrons. The minimum atomic E-state index is -2.83. The third kappa shape index (κ3) is 3.50. The number of carbonyl (C=O) groups excluding carboxylic acids is 1. The molecule has 0 aliphatic carbocycles. The number of nitrogens with one attached hydrogen (secondary N) is 2. The molecule has 0 saturated heterocycles. The first-order valence-corrected chi connectivity index (χ1v) is 3.88. The van der Waals surface area contributed by atoms with E-state index in [0.717, 1.165) is 0 Å². The summed E-state index contributed by atoms with van der Waals surface area (Å²) in [6, 6.07) is 0. The number of halogens is 3. The summed E-state index contributed by atoms with van der Waals surface area (Å²) in [5.41, 5.74) is -1.10. The predicted molar refractivity (Wildman–Crippen MR) is 46.4 cm³/mol. The molecule has 0 aliphatic rings. The van der Waals surface area contributed by atoms with Crippen LogP contribution in [0.1, 0.15) is 6.92 Å².